The van der Waals surface area contributed by atoms with Gasteiger partial charge in [-0.25, -0.2) is 0 Å². The highest BCUT2D eigenvalue weighted by atomic mass is 35.5. The first-order valence-corrected chi connectivity index (χ1v) is 8.07. The van der Waals surface area contributed by atoms with Crippen LogP contribution >= 0.6 is 23.4 Å². The Morgan fingerprint density at radius 1 is 1.00 bits per heavy atom. The van der Waals surface area contributed by atoms with Gasteiger partial charge in [-0.15, -0.1) is 11.6 Å². The van der Waals surface area contributed by atoms with Crippen molar-refractivity contribution in [3.8, 4) is 0 Å². The molecular formula is C13H27ClS. The first kappa shape index (κ1) is 15.6. The van der Waals surface area contributed by atoms with Crippen molar-refractivity contribution in [2.45, 2.75) is 70.5 Å². The van der Waals surface area contributed by atoms with Crippen LogP contribution < -0.4 is 0 Å². The van der Waals surface area contributed by atoms with Crippen LogP contribution in [0.1, 0.15) is 65.2 Å². The van der Waals surface area contributed by atoms with E-state index in [9.17, 15) is 0 Å². The van der Waals surface area contributed by atoms with Crippen molar-refractivity contribution in [3.05, 3.63) is 0 Å². The molecule has 0 N–H and O–H groups in total. The van der Waals surface area contributed by atoms with E-state index in [0.717, 1.165) is 17.6 Å². The van der Waals surface area contributed by atoms with Crippen LogP contribution in [0, 0.1) is 0 Å². The van der Waals surface area contributed by atoms with Gasteiger partial charge in [0.15, 0.2) is 0 Å². The summed E-state index contributed by atoms with van der Waals surface area (Å²) in [5.74, 6) is 2.14. The Kier molecular flexibility index (Phi) is 13.3. The lowest BCUT2D eigenvalue weighted by molar-refractivity contribution is 0.603. The molecule has 0 heterocycles. The second kappa shape index (κ2) is 12.7. The number of alkyl halides is 1. The topological polar surface area (TPSA) is 0 Å². The number of hydrogen-bond donors (Lipinski definition) is 0. The third-order valence-corrected chi connectivity index (χ3v) is 4.21. The minimum Gasteiger partial charge on any atom is -0.159 e. The Balaban J connectivity index is 2.98. The molecule has 1 atom stereocenters. The van der Waals surface area contributed by atoms with E-state index in [-0.39, 0.29) is 0 Å². The maximum Gasteiger partial charge on any atom is 0.0233 e. The van der Waals surface area contributed by atoms with Gasteiger partial charge < -0.3 is 0 Å². The van der Waals surface area contributed by atoms with Gasteiger partial charge >= 0.3 is 0 Å². The standard InChI is InChI=1S/C13H27ClS/c1-3-4-5-6-7-8-9-12-15-13(2)10-11-14/h13H,3-12H2,1-2H3. The molecule has 1 unspecified atom stereocenters. The van der Waals surface area contributed by atoms with Crippen molar-refractivity contribution in [1.29, 1.82) is 0 Å². The van der Waals surface area contributed by atoms with Crippen LogP contribution in [0.2, 0.25) is 0 Å². The molecule has 0 aliphatic heterocycles. The first-order valence-electron chi connectivity index (χ1n) is 6.48. The molecule has 0 saturated heterocycles. The lowest BCUT2D eigenvalue weighted by atomic mass is 10.1. The van der Waals surface area contributed by atoms with Crippen LogP contribution in [0.25, 0.3) is 0 Å². The Bertz CT molecular complexity index is 117. The van der Waals surface area contributed by atoms with Crippen molar-refractivity contribution in [3.63, 3.8) is 0 Å². The molecule has 0 aliphatic rings. The van der Waals surface area contributed by atoms with Crippen LogP contribution in [-0.2, 0) is 0 Å². The fourth-order valence-electron chi connectivity index (χ4n) is 1.58. The van der Waals surface area contributed by atoms with E-state index >= 15 is 0 Å². The fraction of sp³-hybridized carbons (Fsp3) is 1.00. The van der Waals surface area contributed by atoms with Crippen LogP contribution in [0.15, 0.2) is 0 Å². The highest BCUT2D eigenvalue weighted by molar-refractivity contribution is 7.99. The van der Waals surface area contributed by atoms with Crippen molar-refractivity contribution in [2.75, 3.05) is 11.6 Å². The number of hydrogen-bond acceptors (Lipinski definition) is 1. The first-order chi connectivity index (χ1) is 7.31. The third kappa shape index (κ3) is 12.6. The van der Waals surface area contributed by atoms with Gasteiger partial charge in [-0.05, 0) is 18.6 Å². The number of rotatable bonds is 11. The monoisotopic (exact) mass is 250 g/mol. The van der Waals surface area contributed by atoms with Crippen molar-refractivity contribution >= 4 is 23.4 Å². The molecule has 0 bridgehead atoms. The normalized spacial score (nSPS) is 13.0. The number of unbranched alkanes of at least 4 members (excludes halogenated alkanes) is 6. The lowest BCUT2D eigenvalue weighted by Gasteiger charge is -2.08. The van der Waals surface area contributed by atoms with E-state index in [1.807, 2.05) is 0 Å². The zero-order chi connectivity index (χ0) is 11.4. The van der Waals surface area contributed by atoms with Crippen molar-refractivity contribution < 1.29 is 0 Å². The smallest absolute Gasteiger partial charge is 0.0233 e. The third-order valence-electron chi connectivity index (χ3n) is 2.67. The lowest BCUT2D eigenvalue weighted by Crippen LogP contribution is -1.98. The zero-order valence-electron chi connectivity index (χ0n) is 10.4. The molecule has 0 rings (SSSR count). The van der Waals surface area contributed by atoms with Crippen molar-refractivity contribution in [2.24, 2.45) is 0 Å². The summed E-state index contributed by atoms with van der Waals surface area (Å²) >= 11 is 7.78. The van der Waals surface area contributed by atoms with Gasteiger partial charge in [-0.3, -0.25) is 0 Å². The Labute approximate surface area is 106 Å². The summed E-state index contributed by atoms with van der Waals surface area (Å²) in [5, 5.41) is 0.752. The van der Waals surface area contributed by atoms with E-state index in [0.29, 0.717) is 0 Å². The molecule has 0 nitrogen and oxygen atoms in total. The molecule has 0 radical (unpaired) electrons. The predicted octanol–water partition coefficient (Wildman–Crippen LogP) is 5.49. The number of thioether (sulfide) groups is 1. The maximum absolute atomic E-state index is 5.69. The summed E-state index contributed by atoms with van der Waals surface area (Å²) in [6.07, 6.45) is 11.1. The average molecular weight is 251 g/mol. The fourth-order valence-corrected chi connectivity index (χ4v) is 3.10. The highest BCUT2D eigenvalue weighted by Gasteiger charge is 2.00. The van der Waals surface area contributed by atoms with E-state index < -0.39 is 0 Å². The summed E-state index contributed by atoms with van der Waals surface area (Å²) in [4.78, 5) is 0. The van der Waals surface area contributed by atoms with Crippen LogP contribution in [-0.4, -0.2) is 16.9 Å². The van der Waals surface area contributed by atoms with Crippen LogP contribution in [0.4, 0.5) is 0 Å². The van der Waals surface area contributed by atoms with Gasteiger partial charge in [0.25, 0.3) is 0 Å². The summed E-state index contributed by atoms with van der Waals surface area (Å²) in [6, 6.07) is 0. The molecule has 15 heavy (non-hydrogen) atoms. The second-order valence-corrected chi connectivity index (χ2v) is 6.20. The SMILES string of the molecule is CCCCCCCCCSC(C)CCCl. The van der Waals surface area contributed by atoms with Gasteiger partial charge in [-0.1, -0.05) is 52.4 Å². The number of halogens is 1. The largest absolute Gasteiger partial charge is 0.159 e. The molecule has 0 amide bonds. The van der Waals surface area contributed by atoms with Crippen molar-refractivity contribution in [1.82, 2.24) is 0 Å². The molecule has 0 fully saturated rings. The summed E-state index contributed by atoms with van der Waals surface area (Å²) in [7, 11) is 0. The molecule has 0 aromatic carbocycles. The predicted molar refractivity (Wildman–Crippen MR) is 75.3 cm³/mol. The van der Waals surface area contributed by atoms with Crippen LogP contribution in [0.5, 0.6) is 0 Å². The summed E-state index contributed by atoms with van der Waals surface area (Å²) in [6.45, 7) is 4.56. The molecule has 92 valence electrons. The maximum atomic E-state index is 5.69. The van der Waals surface area contributed by atoms with E-state index in [2.05, 4.69) is 25.6 Å². The Hall–Kier alpha value is 0.640. The van der Waals surface area contributed by atoms with Crippen LogP contribution in [0.3, 0.4) is 0 Å². The van der Waals surface area contributed by atoms with Gasteiger partial charge in [0.2, 0.25) is 0 Å². The Morgan fingerprint density at radius 2 is 1.60 bits per heavy atom. The second-order valence-electron chi connectivity index (χ2n) is 4.28. The minimum atomic E-state index is 0.752. The van der Waals surface area contributed by atoms with Gasteiger partial charge in [0.05, 0.1) is 0 Å². The molecule has 0 aromatic heterocycles. The molecule has 0 aromatic rings. The van der Waals surface area contributed by atoms with Gasteiger partial charge in [0, 0.05) is 11.1 Å². The van der Waals surface area contributed by atoms with E-state index in [1.165, 1.54) is 50.7 Å². The highest BCUT2D eigenvalue weighted by Crippen LogP contribution is 2.17. The van der Waals surface area contributed by atoms with Gasteiger partial charge in [0.1, 0.15) is 0 Å². The minimum absolute atomic E-state index is 0.752. The Morgan fingerprint density at radius 3 is 2.20 bits per heavy atom. The quantitative estimate of drug-likeness (QED) is 0.345. The average Bonchev–Trinajstić information content (AvgIpc) is 2.22. The molecule has 0 spiro atoms. The van der Waals surface area contributed by atoms with Gasteiger partial charge in [-0.2, -0.15) is 11.8 Å². The summed E-state index contributed by atoms with van der Waals surface area (Å²) in [5.41, 5.74) is 0. The zero-order valence-corrected chi connectivity index (χ0v) is 12.0. The molecule has 0 saturated carbocycles. The molecule has 0 aliphatic carbocycles. The molecule has 2 heteroatoms. The van der Waals surface area contributed by atoms with E-state index in [1.54, 1.807) is 0 Å². The van der Waals surface area contributed by atoms with E-state index in [4.69, 9.17) is 11.6 Å². The summed E-state index contributed by atoms with van der Waals surface area (Å²) < 4.78 is 0. The molecular weight excluding hydrogens is 224 g/mol.